The van der Waals surface area contributed by atoms with E-state index in [0.717, 1.165) is 30.9 Å². The van der Waals surface area contributed by atoms with Crippen LogP contribution in [0.5, 0.6) is 0 Å². The fourth-order valence-electron chi connectivity index (χ4n) is 1.29. The lowest BCUT2D eigenvalue weighted by Crippen LogP contribution is -2.16. The van der Waals surface area contributed by atoms with E-state index in [2.05, 4.69) is 36.5 Å². The Labute approximate surface area is 102 Å². The predicted octanol–water partition coefficient (Wildman–Crippen LogP) is 2.30. The zero-order valence-electron chi connectivity index (χ0n) is 10.4. The maximum Gasteiger partial charge on any atom is 0.107 e. The first kappa shape index (κ1) is 13.6. The van der Waals surface area contributed by atoms with Crippen molar-refractivity contribution in [2.45, 2.75) is 45.6 Å². The molecule has 0 saturated carbocycles. The van der Waals surface area contributed by atoms with Crippen LogP contribution in [0.1, 0.15) is 44.3 Å². The molecule has 1 rings (SSSR count). The quantitative estimate of drug-likeness (QED) is 0.752. The highest BCUT2D eigenvalue weighted by Crippen LogP contribution is 2.23. The van der Waals surface area contributed by atoms with Crippen molar-refractivity contribution in [1.29, 1.82) is 0 Å². The molecule has 4 heteroatoms. The molecular weight excluding hydrogens is 220 g/mol. The Morgan fingerprint density at radius 2 is 2.12 bits per heavy atom. The average Bonchev–Trinajstić information content (AvgIpc) is 2.65. The molecule has 0 fully saturated rings. The van der Waals surface area contributed by atoms with Gasteiger partial charge in [0, 0.05) is 23.9 Å². The molecule has 0 spiro atoms. The normalized spacial score (nSPS) is 12.0. The number of nitrogens with zero attached hydrogens (tertiary/aromatic N) is 1. The van der Waals surface area contributed by atoms with Crippen LogP contribution in [0.2, 0.25) is 0 Å². The molecule has 0 radical (unpaired) electrons. The summed E-state index contributed by atoms with van der Waals surface area (Å²) in [6.45, 7) is 8.62. The van der Waals surface area contributed by atoms with Gasteiger partial charge in [0.2, 0.25) is 0 Å². The highest BCUT2D eigenvalue weighted by molar-refractivity contribution is 7.09. The van der Waals surface area contributed by atoms with Gasteiger partial charge in [0.15, 0.2) is 0 Å². The van der Waals surface area contributed by atoms with Crippen LogP contribution in [-0.2, 0) is 12.0 Å². The summed E-state index contributed by atoms with van der Waals surface area (Å²) in [5.41, 5.74) is 1.32. The van der Waals surface area contributed by atoms with Crippen molar-refractivity contribution < 1.29 is 5.11 Å². The number of aliphatic hydroxyl groups is 1. The van der Waals surface area contributed by atoms with E-state index in [1.165, 1.54) is 5.69 Å². The van der Waals surface area contributed by atoms with Crippen LogP contribution in [0.15, 0.2) is 5.38 Å². The monoisotopic (exact) mass is 242 g/mol. The molecule has 1 heterocycles. The summed E-state index contributed by atoms with van der Waals surface area (Å²) in [6, 6.07) is 0. The number of thiazole rings is 1. The lowest BCUT2D eigenvalue weighted by atomic mass is 9.93. The van der Waals surface area contributed by atoms with Gasteiger partial charge in [0.25, 0.3) is 0 Å². The van der Waals surface area contributed by atoms with Gasteiger partial charge in [-0.3, -0.25) is 0 Å². The van der Waals surface area contributed by atoms with E-state index in [-0.39, 0.29) is 12.0 Å². The van der Waals surface area contributed by atoms with E-state index < -0.39 is 0 Å². The van der Waals surface area contributed by atoms with E-state index in [1.807, 2.05) is 0 Å². The molecule has 0 amide bonds. The van der Waals surface area contributed by atoms with Crippen LogP contribution < -0.4 is 5.32 Å². The van der Waals surface area contributed by atoms with Crippen molar-refractivity contribution in [2.24, 2.45) is 0 Å². The third kappa shape index (κ3) is 4.60. The second-order valence-corrected chi connectivity index (χ2v) is 5.93. The minimum Gasteiger partial charge on any atom is -0.396 e. The molecule has 92 valence electrons. The zero-order valence-corrected chi connectivity index (χ0v) is 11.2. The van der Waals surface area contributed by atoms with Crippen LogP contribution in [-0.4, -0.2) is 23.2 Å². The minimum absolute atomic E-state index is 0.144. The largest absolute Gasteiger partial charge is 0.396 e. The molecular formula is C12H22N2OS. The molecule has 0 aliphatic rings. The maximum atomic E-state index is 8.64. The molecule has 0 aliphatic carbocycles. The molecule has 0 atom stereocenters. The van der Waals surface area contributed by atoms with Gasteiger partial charge in [-0.05, 0) is 19.4 Å². The lowest BCUT2D eigenvalue weighted by molar-refractivity contribution is 0.283. The highest BCUT2D eigenvalue weighted by atomic mass is 32.1. The number of nitrogens with one attached hydrogen (secondary N) is 1. The Kier molecular flexibility index (Phi) is 5.38. The van der Waals surface area contributed by atoms with Gasteiger partial charge in [-0.1, -0.05) is 20.8 Å². The van der Waals surface area contributed by atoms with E-state index in [9.17, 15) is 0 Å². The van der Waals surface area contributed by atoms with Gasteiger partial charge in [0.1, 0.15) is 5.01 Å². The van der Waals surface area contributed by atoms with Crippen LogP contribution in [0.4, 0.5) is 0 Å². The van der Waals surface area contributed by atoms with E-state index >= 15 is 0 Å². The summed E-state index contributed by atoms with van der Waals surface area (Å²) in [4.78, 5) is 4.61. The van der Waals surface area contributed by atoms with Gasteiger partial charge in [0.05, 0.1) is 5.69 Å². The minimum atomic E-state index is 0.144. The third-order valence-electron chi connectivity index (χ3n) is 2.36. The van der Waals surface area contributed by atoms with Crippen molar-refractivity contribution in [3.05, 3.63) is 16.1 Å². The number of rotatable bonds is 6. The number of unbranched alkanes of at least 4 members (excludes halogenated alkanes) is 1. The Hall–Kier alpha value is -0.450. The second-order valence-electron chi connectivity index (χ2n) is 4.98. The van der Waals surface area contributed by atoms with Crippen molar-refractivity contribution in [1.82, 2.24) is 10.3 Å². The third-order valence-corrected chi connectivity index (χ3v) is 3.21. The van der Waals surface area contributed by atoms with Gasteiger partial charge in [-0.2, -0.15) is 0 Å². The SMILES string of the molecule is CC(C)(C)c1csc(CNCCCCO)n1. The molecule has 1 aromatic rings. The molecule has 16 heavy (non-hydrogen) atoms. The van der Waals surface area contributed by atoms with Gasteiger partial charge in [-0.25, -0.2) is 4.98 Å². The molecule has 0 saturated heterocycles. The molecule has 2 N–H and O–H groups in total. The smallest absolute Gasteiger partial charge is 0.107 e. The Bertz CT molecular complexity index is 304. The average molecular weight is 242 g/mol. The zero-order chi connectivity index (χ0) is 12.0. The summed E-state index contributed by atoms with van der Waals surface area (Å²) in [5.74, 6) is 0. The van der Waals surface area contributed by atoms with Crippen molar-refractivity contribution in [3.8, 4) is 0 Å². The van der Waals surface area contributed by atoms with Gasteiger partial charge >= 0.3 is 0 Å². The van der Waals surface area contributed by atoms with E-state index in [0.29, 0.717) is 0 Å². The lowest BCUT2D eigenvalue weighted by Gasteiger charge is -2.14. The molecule has 3 nitrogen and oxygen atoms in total. The first-order chi connectivity index (χ1) is 7.54. The van der Waals surface area contributed by atoms with E-state index in [4.69, 9.17) is 5.11 Å². The topological polar surface area (TPSA) is 45.1 Å². The summed E-state index contributed by atoms with van der Waals surface area (Å²) >= 11 is 1.72. The molecule has 0 aliphatic heterocycles. The summed E-state index contributed by atoms with van der Waals surface area (Å²) in [5, 5.41) is 15.3. The number of aliphatic hydroxyl groups excluding tert-OH is 1. The molecule has 0 aromatic carbocycles. The predicted molar refractivity (Wildman–Crippen MR) is 68.8 cm³/mol. The molecule has 0 unspecified atom stereocenters. The first-order valence-electron chi connectivity index (χ1n) is 5.80. The van der Waals surface area contributed by atoms with Crippen LogP contribution >= 0.6 is 11.3 Å². The number of aromatic nitrogens is 1. The molecule has 0 bridgehead atoms. The summed E-state index contributed by atoms with van der Waals surface area (Å²) < 4.78 is 0. The molecule has 1 aromatic heterocycles. The fourth-order valence-corrected chi connectivity index (χ4v) is 2.28. The van der Waals surface area contributed by atoms with Crippen LogP contribution in [0, 0.1) is 0 Å². The standard InChI is InChI=1S/C12H22N2OS/c1-12(2,3)10-9-16-11(14-10)8-13-6-4-5-7-15/h9,13,15H,4-8H2,1-3H3. The van der Waals surface area contributed by atoms with Crippen molar-refractivity contribution in [2.75, 3.05) is 13.2 Å². The Balaban J connectivity index is 2.30. The number of hydrogen-bond donors (Lipinski definition) is 2. The first-order valence-corrected chi connectivity index (χ1v) is 6.68. The fraction of sp³-hybridized carbons (Fsp3) is 0.750. The van der Waals surface area contributed by atoms with Gasteiger partial charge in [-0.15, -0.1) is 11.3 Å². The van der Waals surface area contributed by atoms with Crippen LogP contribution in [0.25, 0.3) is 0 Å². The van der Waals surface area contributed by atoms with E-state index in [1.54, 1.807) is 11.3 Å². The summed E-state index contributed by atoms with van der Waals surface area (Å²) in [7, 11) is 0. The Morgan fingerprint density at radius 1 is 1.38 bits per heavy atom. The number of hydrogen-bond acceptors (Lipinski definition) is 4. The second kappa shape index (κ2) is 6.33. The Morgan fingerprint density at radius 3 is 2.69 bits per heavy atom. The van der Waals surface area contributed by atoms with Gasteiger partial charge < -0.3 is 10.4 Å². The maximum absolute atomic E-state index is 8.64. The summed E-state index contributed by atoms with van der Waals surface area (Å²) in [6.07, 6.45) is 1.89. The van der Waals surface area contributed by atoms with Crippen molar-refractivity contribution in [3.63, 3.8) is 0 Å². The van der Waals surface area contributed by atoms with Crippen LogP contribution in [0.3, 0.4) is 0 Å². The van der Waals surface area contributed by atoms with Crippen molar-refractivity contribution >= 4 is 11.3 Å². The highest BCUT2D eigenvalue weighted by Gasteiger charge is 2.16.